The van der Waals surface area contributed by atoms with Crippen LogP contribution in [0.4, 0.5) is 8.78 Å². The Labute approximate surface area is 141 Å². The van der Waals surface area contributed by atoms with Crippen molar-refractivity contribution in [1.82, 2.24) is 5.32 Å². The summed E-state index contributed by atoms with van der Waals surface area (Å²) in [5, 5.41) is 12.7. The number of nitrogens with one attached hydrogen (secondary N) is 1. The minimum atomic E-state index is -0.884. The van der Waals surface area contributed by atoms with Crippen LogP contribution in [0.1, 0.15) is 56.9 Å². The van der Waals surface area contributed by atoms with Crippen molar-refractivity contribution in [2.45, 2.75) is 62.9 Å². The molecule has 2 saturated carbocycles. The van der Waals surface area contributed by atoms with Crippen molar-refractivity contribution in [2.75, 3.05) is 6.54 Å². The van der Waals surface area contributed by atoms with Gasteiger partial charge >= 0.3 is 0 Å². The molecule has 0 bridgehead atoms. The first-order valence-corrected chi connectivity index (χ1v) is 8.93. The molecule has 0 heterocycles. The van der Waals surface area contributed by atoms with E-state index < -0.39 is 17.0 Å². The van der Waals surface area contributed by atoms with Crippen molar-refractivity contribution in [1.29, 1.82) is 0 Å². The van der Waals surface area contributed by atoms with Gasteiger partial charge in [-0.2, -0.15) is 0 Å². The van der Waals surface area contributed by atoms with Crippen molar-refractivity contribution in [3.8, 4) is 0 Å². The molecule has 2 aliphatic carbocycles. The number of hydrogen-bond donors (Lipinski definition) is 2. The number of benzene rings is 1. The van der Waals surface area contributed by atoms with Crippen LogP contribution in [0, 0.1) is 17.6 Å². The molecule has 0 saturated heterocycles. The van der Waals surface area contributed by atoms with Gasteiger partial charge in [-0.1, -0.05) is 25.3 Å². The van der Waals surface area contributed by atoms with E-state index in [1.807, 2.05) is 0 Å². The summed E-state index contributed by atoms with van der Waals surface area (Å²) in [7, 11) is 0. The van der Waals surface area contributed by atoms with Crippen LogP contribution in [0.5, 0.6) is 0 Å². The van der Waals surface area contributed by atoms with Gasteiger partial charge in [0, 0.05) is 18.2 Å². The topological polar surface area (TPSA) is 49.3 Å². The molecular formula is C19H25F2NO2. The van der Waals surface area contributed by atoms with Crippen molar-refractivity contribution in [3.05, 3.63) is 35.4 Å². The second kappa shape index (κ2) is 7.18. The Hall–Kier alpha value is -1.49. The average molecular weight is 337 g/mol. The number of aliphatic hydroxyl groups excluding tert-OH is 1. The molecule has 5 heteroatoms. The second-order valence-electron chi connectivity index (χ2n) is 7.31. The number of carbonyl (C=O) groups is 1. The van der Waals surface area contributed by atoms with Crippen LogP contribution < -0.4 is 5.32 Å². The molecule has 0 radical (unpaired) electrons. The molecule has 1 amide bonds. The summed E-state index contributed by atoms with van der Waals surface area (Å²) in [5.41, 5.74) is -0.576. The Balaban J connectivity index is 1.73. The minimum Gasteiger partial charge on any atom is -0.393 e. The molecule has 2 fully saturated rings. The van der Waals surface area contributed by atoms with Crippen molar-refractivity contribution < 1.29 is 18.7 Å². The molecule has 0 aliphatic heterocycles. The third-order valence-corrected chi connectivity index (χ3v) is 5.64. The fourth-order valence-corrected chi connectivity index (χ4v) is 4.33. The summed E-state index contributed by atoms with van der Waals surface area (Å²) < 4.78 is 27.5. The van der Waals surface area contributed by atoms with Gasteiger partial charge in [0.25, 0.3) is 0 Å². The molecule has 2 N–H and O–H groups in total. The lowest BCUT2D eigenvalue weighted by Gasteiger charge is -2.31. The molecular weight excluding hydrogens is 312 g/mol. The lowest BCUT2D eigenvalue weighted by atomic mass is 9.77. The van der Waals surface area contributed by atoms with E-state index in [-0.39, 0.29) is 17.9 Å². The Kier molecular flexibility index (Phi) is 5.18. The fourth-order valence-electron chi connectivity index (χ4n) is 4.33. The molecule has 2 unspecified atom stereocenters. The Morgan fingerprint density at radius 3 is 2.62 bits per heavy atom. The first-order valence-electron chi connectivity index (χ1n) is 8.93. The molecule has 0 aromatic heterocycles. The Morgan fingerprint density at radius 1 is 1.21 bits per heavy atom. The van der Waals surface area contributed by atoms with Gasteiger partial charge in [-0.3, -0.25) is 4.79 Å². The highest BCUT2D eigenvalue weighted by Crippen LogP contribution is 2.42. The number of amides is 1. The smallest absolute Gasteiger partial charge is 0.230 e. The predicted octanol–water partition coefficient (Wildman–Crippen LogP) is 3.44. The van der Waals surface area contributed by atoms with E-state index in [9.17, 15) is 18.7 Å². The van der Waals surface area contributed by atoms with Gasteiger partial charge < -0.3 is 10.4 Å². The van der Waals surface area contributed by atoms with Gasteiger partial charge in [0.05, 0.1) is 11.5 Å². The highest BCUT2D eigenvalue weighted by molar-refractivity contribution is 5.88. The van der Waals surface area contributed by atoms with Crippen LogP contribution in [-0.4, -0.2) is 23.7 Å². The molecule has 3 nitrogen and oxygen atoms in total. The standard InChI is InChI=1S/C19H25F2NO2/c20-14-6-7-16(17(21)11-14)19(8-1-2-9-19)18(24)22-12-13-4-3-5-15(23)10-13/h6-7,11,13,15,23H,1-5,8-10,12H2,(H,22,24). The second-order valence-corrected chi connectivity index (χ2v) is 7.31. The quantitative estimate of drug-likeness (QED) is 0.884. The summed E-state index contributed by atoms with van der Waals surface area (Å²) >= 11 is 0. The maximum Gasteiger partial charge on any atom is 0.230 e. The van der Waals surface area contributed by atoms with E-state index in [0.717, 1.165) is 38.2 Å². The molecule has 1 aromatic carbocycles. The largest absolute Gasteiger partial charge is 0.393 e. The summed E-state index contributed by atoms with van der Waals surface area (Å²) in [6.45, 7) is 0.514. The molecule has 2 aliphatic rings. The number of rotatable bonds is 4. The summed E-state index contributed by atoms with van der Waals surface area (Å²) in [6, 6.07) is 3.50. The lowest BCUT2D eigenvalue weighted by molar-refractivity contribution is -0.127. The van der Waals surface area contributed by atoms with Crippen LogP contribution in [0.15, 0.2) is 18.2 Å². The van der Waals surface area contributed by atoms with Gasteiger partial charge in [0.15, 0.2) is 0 Å². The fraction of sp³-hybridized carbons (Fsp3) is 0.632. The van der Waals surface area contributed by atoms with E-state index in [2.05, 4.69) is 5.32 Å². The SMILES string of the molecule is O=C(NCC1CCCC(O)C1)C1(c2ccc(F)cc2F)CCCC1. The third-order valence-electron chi connectivity index (χ3n) is 5.64. The zero-order valence-corrected chi connectivity index (χ0v) is 13.9. The summed E-state index contributed by atoms with van der Waals surface area (Å²) in [5.74, 6) is -1.15. The van der Waals surface area contributed by atoms with Crippen molar-refractivity contribution in [2.24, 2.45) is 5.92 Å². The van der Waals surface area contributed by atoms with E-state index in [4.69, 9.17) is 0 Å². The van der Waals surface area contributed by atoms with Crippen LogP contribution in [0.2, 0.25) is 0 Å². The van der Waals surface area contributed by atoms with E-state index in [1.54, 1.807) is 0 Å². The predicted molar refractivity (Wildman–Crippen MR) is 87.5 cm³/mol. The Morgan fingerprint density at radius 2 is 1.96 bits per heavy atom. The van der Waals surface area contributed by atoms with Crippen molar-refractivity contribution in [3.63, 3.8) is 0 Å². The summed E-state index contributed by atoms with van der Waals surface area (Å²) in [6.07, 6.45) is 6.14. The van der Waals surface area contributed by atoms with Gasteiger partial charge in [-0.25, -0.2) is 8.78 Å². The average Bonchev–Trinajstić information content (AvgIpc) is 3.03. The molecule has 2 atom stereocenters. The van der Waals surface area contributed by atoms with Gasteiger partial charge in [0.1, 0.15) is 11.6 Å². The Bertz CT molecular complexity index is 599. The number of carbonyl (C=O) groups excluding carboxylic acids is 1. The number of hydrogen-bond acceptors (Lipinski definition) is 2. The van der Waals surface area contributed by atoms with Crippen LogP contribution in [0.25, 0.3) is 0 Å². The van der Waals surface area contributed by atoms with E-state index >= 15 is 0 Å². The normalized spacial score (nSPS) is 26.3. The van der Waals surface area contributed by atoms with E-state index in [1.165, 1.54) is 12.1 Å². The number of halogens is 2. The molecule has 1 aromatic rings. The zero-order valence-electron chi connectivity index (χ0n) is 13.9. The van der Waals surface area contributed by atoms with Gasteiger partial charge in [0.2, 0.25) is 5.91 Å². The molecule has 24 heavy (non-hydrogen) atoms. The van der Waals surface area contributed by atoms with Crippen LogP contribution in [0.3, 0.4) is 0 Å². The molecule has 132 valence electrons. The lowest BCUT2D eigenvalue weighted by Crippen LogP contribution is -2.45. The first-order chi connectivity index (χ1) is 11.5. The summed E-state index contributed by atoms with van der Waals surface area (Å²) in [4.78, 5) is 12.9. The highest BCUT2D eigenvalue weighted by atomic mass is 19.1. The first kappa shape index (κ1) is 17.3. The minimum absolute atomic E-state index is 0.162. The van der Waals surface area contributed by atoms with Gasteiger partial charge in [-0.05, 0) is 44.1 Å². The molecule has 0 spiro atoms. The van der Waals surface area contributed by atoms with Gasteiger partial charge in [-0.15, -0.1) is 0 Å². The van der Waals surface area contributed by atoms with Crippen LogP contribution in [-0.2, 0) is 10.2 Å². The highest BCUT2D eigenvalue weighted by Gasteiger charge is 2.44. The van der Waals surface area contributed by atoms with Crippen LogP contribution >= 0.6 is 0 Å². The third kappa shape index (κ3) is 3.46. The number of aliphatic hydroxyl groups is 1. The maximum absolute atomic E-state index is 14.3. The van der Waals surface area contributed by atoms with Crippen molar-refractivity contribution >= 4 is 5.91 Å². The zero-order chi connectivity index (χ0) is 17.2. The maximum atomic E-state index is 14.3. The monoisotopic (exact) mass is 337 g/mol. The van der Waals surface area contributed by atoms with E-state index in [0.29, 0.717) is 31.4 Å². The molecule has 3 rings (SSSR count).